The Morgan fingerprint density at radius 2 is 1.84 bits per heavy atom. The van der Waals surface area contributed by atoms with Gasteiger partial charge in [-0.25, -0.2) is 4.79 Å². The van der Waals surface area contributed by atoms with Gasteiger partial charge in [0, 0.05) is 23.4 Å². The highest BCUT2D eigenvalue weighted by molar-refractivity contribution is 6.09. The van der Waals surface area contributed by atoms with E-state index in [-0.39, 0.29) is 17.1 Å². The van der Waals surface area contributed by atoms with E-state index in [4.69, 9.17) is 5.11 Å². The number of anilines is 1. The van der Waals surface area contributed by atoms with Crippen LogP contribution in [0.1, 0.15) is 26.3 Å². The number of hydrogen-bond donors (Lipinski definition) is 1. The molecule has 4 heteroatoms. The second kappa shape index (κ2) is 6.18. The van der Waals surface area contributed by atoms with Gasteiger partial charge in [-0.3, -0.25) is 4.79 Å². The van der Waals surface area contributed by atoms with Crippen LogP contribution in [0.2, 0.25) is 0 Å². The third-order valence-corrected chi connectivity index (χ3v) is 3.08. The van der Waals surface area contributed by atoms with Gasteiger partial charge >= 0.3 is 5.97 Å². The summed E-state index contributed by atoms with van der Waals surface area (Å²) in [6, 6.07) is 7.58. The van der Waals surface area contributed by atoms with Crippen molar-refractivity contribution in [1.29, 1.82) is 0 Å². The number of benzene rings is 1. The summed E-state index contributed by atoms with van der Waals surface area (Å²) >= 11 is 0. The van der Waals surface area contributed by atoms with Gasteiger partial charge < -0.3 is 10.0 Å². The molecule has 0 heterocycles. The number of hydrogen-bond acceptors (Lipinski definition) is 2. The normalized spacial score (nSPS) is 11.8. The predicted octanol–water partition coefficient (Wildman–Crippen LogP) is 2.77. The van der Waals surface area contributed by atoms with Gasteiger partial charge in [-0.2, -0.15) is 0 Å². The number of nitrogens with zero attached hydrogens (tertiary/aromatic N) is 1. The molecular formula is C15H19NO3. The number of amides is 1. The molecule has 0 atom stereocenters. The van der Waals surface area contributed by atoms with Gasteiger partial charge in [0.1, 0.15) is 0 Å². The Labute approximate surface area is 113 Å². The number of carbonyl (C=O) groups excluding carboxylic acids is 1. The topological polar surface area (TPSA) is 57.6 Å². The van der Waals surface area contributed by atoms with E-state index in [1.807, 2.05) is 38.1 Å². The van der Waals surface area contributed by atoms with Gasteiger partial charge in [0.2, 0.25) is 0 Å². The number of likely N-dealkylation sites (N-methyl/N-ethyl adjacent to an activating group) is 1. The molecule has 0 fully saturated rings. The molecule has 1 amide bonds. The Morgan fingerprint density at radius 3 is 2.32 bits per heavy atom. The van der Waals surface area contributed by atoms with Crippen LogP contribution in [-0.2, 0) is 9.59 Å². The molecule has 1 N–H and O–H groups in total. The Morgan fingerprint density at radius 1 is 1.21 bits per heavy atom. The molecule has 0 saturated carbocycles. The van der Waals surface area contributed by atoms with Gasteiger partial charge in [0.25, 0.3) is 5.91 Å². The van der Waals surface area contributed by atoms with Crippen molar-refractivity contribution in [2.24, 2.45) is 0 Å². The lowest BCUT2D eigenvalue weighted by atomic mass is 10.1. The first-order chi connectivity index (χ1) is 8.88. The molecule has 1 aromatic carbocycles. The van der Waals surface area contributed by atoms with Gasteiger partial charge in [-0.1, -0.05) is 12.1 Å². The van der Waals surface area contributed by atoms with Crippen molar-refractivity contribution in [2.75, 3.05) is 11.4 Å². The Kier molecular flexibility index (Phi) is 4.87. The van der Waals surface area contributed by atoms with E-state index >= 15 is 0 Å². The van der Waals surface area contributed by atoms with Gasteiger partial charge in [-0.05, 0) is 45.4 Å². The second-order valence-corrected chi connectivity index (χ2v) is 4.44. The number of aryl methyl sites for hydroxylation is 1. The van der Waals surface area contributed by atoms with E-state index in [0.717, 1.165) is 11.3 Å². The standard InChI is InChI=1S/C15H19NO3/c1-5-16(13-8-6-7-10(2)9-13)14(17)11(3)12(4)15(18)19/h6-9H,5H2,1-4H3,(H,18,19). The second-order valence-electron chi connectivity index (χ2n) is 4.44. The number of aliphatic carboxylic acids is 1. The third-order valence-electron chi connectivity index (χ3n) is 3.08. The molecular weight excluding hydrogens is 242 g/mol. The van der Waals surface area contributed by atoms with Crippen molar-refractivity contribution >= 4 is 17.6 Å². The number of carboxylic acids is 1. The molecule has 0 aromatic heterocycles. The molecule has 4 nitrogen and oxygen atoms in total. The maximum absolute atomic E-state index is 12.3. The molecule has 0 unspecified atom stereocenters. The highest BCUT2D eigenvalue weighted by Gasteiger charge is 2.19. The summed E-state index contributed by atoms with van der Waals surface area (Å²) in [5.41, 5.74) is 2.18. The van der Waals surface area contributed by atoms with Crippen LogP contribution in [0.3, 0.4) is 0 Å². The van der Waals surface area contributed by atoms with Crippen LogP contribution in [-0.4, -0.2) is 23.5 Å². The van der Waals surface area contributed by atoms with Crippen LogP contribution in [0.4, 0.5) is 5.69 Å². The lowest BCUT2D eigenvalue weighted by molar-refractivity contribution is -0.133. The van der Waals surface area contributed by atoms with Crippen LogP contribution in [0.5, 0.6) is 0 Å². The minimum Gasteiger partial charge on any atom is -0.478 e. The minimum atomic E-state index is -1.06. The number of carbonyl (C=O) groups is 2. The van der Waals surface area contributed by atoms with E-state index in [0.29, 0.717) is 6.54 Å². The van der Waals surface area contributed by atoms with Crippen LogP contribution >= 0.6 is 0 Å². The lowest BCUT2D eigenvalue weighted by Crippen LogP contribution is -2.32. The SMILES string of the molecule is CCN(C(=O)C(C)=C(C)C(=O)O)c1cccc(C)c1. The van der Waals surface area contributed by atoms with Crippen molar-refractivity contribution in [3.63, 3.8) is 0 Å². The van der Waals surface area contributed by atoms with Gasteiger partial charge in [0.05, 0.1) is 0 Å². The van der Waals surface area contributed by atoms with Gasteiger partial charge in [0.15, 0.2) is 0 Å². The van der Waals surface area contributed by atoms with E-state index in [1.54, 1.807) is 11.8 Å². The first-order valence-electron chi connectivity index (χ1n) is 6.17. The smallest absolute Gasteiger partial charge is 0.331 e. The lowest BCUT2D eigenvalue weighted by Gasteiger charge is -2.22. The molecule has 0 aliphatic rings. The van der Waals surface area contributed by atoms with E-state index in [9.17, 15) is 9.59 Å². The highest BCUT2D eigenvalue weighted by Crippen LogP contribution is 2.19. The summed E-state index contributed by atoms with van der Waals surface area (Å²) in [6.45, 7) is 7.30. The maximum atomic E-state index is 12.3. The van der Waals surface area contributed by atoms with Crippen LogP contribution in [0, 0.1) is 6.92 Å². The number of carboxylic acid groups (broad SMARTS) is 1. The quantitative estimate of drug-likeness (QED) is 0.848. The van der Waals surface area contributed by atoms with Gasteiger partial charge in [-0.15, -0.1) is 0 Å². The van der Waals surface area contributed by atoms with Crippen molar-refractivity contribution < 1.29 is 14.7 Å². The molecule has 0 radical (unpaired) electrons. The van der Waals surface area contributed by atoms with Crippen LogP contribution < -0.4 is 4.90 Å². The zero-order valence-electron chi connectivity index (χ0n) is 11.7. The fraction of sp³-hybridized carbons (Fsp3) is 0.333. The minimum absolute atomic E-state index is 0.0797. The Bertz CT molecular complexity index is 532. The third kappa shape index (κ3) is 3.44. The molecule has 0 aliphatic carbocycles. The zero-order chi connectivity index (χ0) is 14.6. The fourth-order valence-electron chi connectivity index (χ4n) is 1.76. The number of rotatable bonds is 4. The summed E-state index contributed by atoms with van der Waals surface area (Å²) in [4.78, 5) is 24.8. The van der Waals surface area contributed by atoms with Crippen molar-refractivity contribution in [3.05, 3.63) is 41.0 Å². The average molecular weight is 261 g/mol. The predicted molar refractivity (Wildman–Crippen MR) is 75.2 cm³/mol. The molecule has 0 saturated heterocycles. The van der Waals surface area contributed by atoms with Crippen molar-refractivity contribution in [3.8, 4) is 0 Å². The van der Waals surface area contributed by atoms with E-state index in [1.165, 1.54) is 6.92 Å². The largest absolute Gasteiger partial charge is 0.478 e. The first kappa shape index (κ1) is 15.0. The Balaban J connectivity index is 3.15. The fourth-order valence-corrected chi connectivity index (χ4v) is 1.76. The molecule has 102 valence electrons. The maximum Gasteiger partial charge on any atom is 0.331 e. The monoisotopic (exact) mass is 261 g/mol. The molecule has 1 rings (SSSR count). The summed E-state index contributed by atoms with van der Waals surface area (Å²) < 4.78 is 0. The zero-order valence-corrected chi connectivity index (χ0v) is 11.7. The molecule has 0 bridgehead atoms. The molecule has 19 heavy (non-hydrogen) atoms. The average Bonchev–Trinajstić information content (AvgIpc) is 2.37. The highest BCUT2D eigenvalue weighted by atomic mass is 16.4. The molecule has 0 spiro atoms. The molecule has 0 aliphatic heterocycles. The van der Waals surface area contributed by atoms with Crippen LogP contribution in [0.25, 0.3) is 0 Å². The van der Waals surface area contributed by atoms with E-state index < -0.39 is 5.97 Å². The van der Waals surface area contributed by atoms with Crippen molar-refractivity contribution in [2.45, 2.75) is 27.7 Å². The molecule has 1 aromatic rings. The van der Waals surface area contributed by atoms with Crippen LogP contribution in [0.15, 0.2) is 35.4 Å². The summed E-state index contributed by atoms with van der Waals surface area (Å²) in [6.07, 6.45) is 0. The summed E-state index contributed by atoms with van der Waals surface area (Å²) in [7, 11) is 0. The van der Waals surface area contributed by atoms with Crippen molar-refractivity contribution in [1.82, 2.24) is 0 Å². The summed E-state index contributed by atoms with van der Waals surface area (Å²) in [5, 5.41) is 8.94. The Hall–Kier alpha value is -2.10. The first-order valence-corrected chi connectivity index (χ1v) is 6.17. The summed E-state index contributed by atoms with van der Waals surface area (Å²) in [5.74, 6) is -1.33. The van der Waals surface area contributed by atoms with E-state index in [2.05, 4.69) is 0 Å².